The number of likely N-dealkylation sites (tertiary alicyclic amines) is 1. The van der Waals surface area contributed by atoms with Crippen molar-refractivity contribution in [3.05, 3.63) is 75.7 Å². The Bertz CT molecular complexity index is 1270. The van der Waals surface area contributed by atoms with Gasteiger partial charge in [0.15, 0.2) is 0 Å². The number of aromatic nitrogens is 1. The van der Waals surface area contributed by atoms with Gasteiger partial charge in [-0.1, -0.05) is 62.4 Å². The second-order valence-electron chi connectivity index (χ2n) is 9.46. The van der Waals surface area contributed by atoms with Gasteiger partial charge in [0.1, 0.15) is 22.5 Å². The number of carboxylic acids is 1. The Labute approximate surface area is 206 Å². The third-order valence-electron chi connectivity index (χ3n) is 6.62. The molecule has 2 N–H and O–H groups in total. The van der Waals surface area contributed by atoms with Gasteiger partial charge in [0.25, 0.3) is 5.91 Å². The molecule has 35 heavy (non-hydrogen) atoms. The molecule has 2 heterocycles. The van der Waals surface area contributed by atoms with Crippen molar-refractivity contribution in [2.75, 3.05) is 13.2 Å². The van der Waals surface area contributed by atoms with Crippen LogP contribution in [0.1, 0.15) is 45.6 Å². The minimum absolute atomic E-state index is 0.0276. The minimum Gasteiger partial charge on any atom is -0.480 e. The number of amides is 2. The van der Waals surface area contributed by atoms with Crippen LogP contribution >= 0.6 is 11.3 Å². The van der Waals surface area contributed by atoms with Gasteiger partial charge in [-0.2, -0.15) is 0 Å². The summed E-state index contributed by atoms with van der Waals surface area (Å²) in [5.41, 5.74) is 4.12. The molecule has 9 heteroatoms. The Balaban J connectivity index is 1.17. The van der Waals surface area contributed by atoms with Crippen LogP contribution < -0.4 is 5.32 Å². The van der Waals surface area contributed by atoms with Crippen molar-refractivity contribution in [3.8, 4) is 11.1 Å². The fourth-order valence-electron chi connectivity index (χ4n) is 5.01. The number of hydrogen-bond donors (Lipinski definition) is 2. The summed E-state index contributed by atoms with van der Waals surface area (Å²) in [5, 5.41) is 12.7. The lowest BCUT2D eigenvalue weighted by Crippen LogP contribution is -2.67. The molecule has 0 bridgehead atoms. The zero-order valence-corrected chi connectivity index (χ0v) is 20.2. The number of carboxylic acid groups (broad SMARTS) is 1. The van der Waals surface area contributed by atoms with E-state index in [1.807, 2.05) is 38.1 Å². The maximum Gasteiger partial charge on any atom is 0.407 e. The van der Waals surface area contributed by atoms with Crippen molar-refractivity contribution in [1.82, 2.24) is 15.2 Å². The third-order valence-corrected chi connectivity index (χ3v) is 7.60. The van der Waals surface area contributed by atoms with Crippen LogP contribution in [-0.2, 0) is 16.1 Å². The lowest BCUT2D eigenvalue weighted by atomic mass is 9.75. The van der Waals surface area contributed by atoms with Gasteiger partial charge in [-0.05, 0) is 22.3 Å². The van der Waals surface area contributed by atoms with Gasteiger partial charge in [-0.15, -0.1) is 11.3 Å². The van der Waals surface area contributed by atoms with Gasteiger partial charge >= 0.3 is 12.1 Å². The van der Waals surface area contributed by atoms with E-state index < -0.39 is 23.5 Å². The van der Waals surface area contributed by atoms with Gasteiger partial charge in [-0.3, -0.25) is 4.79 Å². The first kappa shape index (κ1) is 23.0. The smallest absolute Gasteiger partial charge is 0.407 e. The fraction of sp³-hybridized carbons (Fsp3) is 0.308. The van der Waals surface area contributed by atoms with Crippen LogP contribution in [0.3, 0.4) is 0 Å². The first-order chi connectivity index (χ1) is 16.8. The monoisotopic (exact) mass is 491 g/mol. The molecule has 2 aliphatic rings. The molecule has 2 amide bonds. The molecule has 1 unspecified atom stereocenters. The number of aliphatic carboxylic acids is 1. The molecule has 1 fully saturated rings. The molecule has 0 radical (unpaired) electrons. The molecule has 180 valence electrons. The van der Waals surface area contributed by atoms with Gasteiger partial charge in [0.2, 0.25) is 0 Å². The molecular weight excluding hydrogens is 466 g/mol. The summed E-state index contributed by atoms with van der Waals surface area (Å²) in [6.07, 6.45) is 0.858. The van der Waals surface area contributed by atoms with Gasteiger partial charge < -0.3 is 20.1 Å². The highest BCUT2D eigenvalue weighted by Crippen LogP contribution is 2.44. The lowest BCUT2D eigenvalue weighted by molar-refractivity contribution is -0.156. The van der Waals surface area contributed by atoms with E-state index in [1.165, 1.54) is 11.1 Å². The van der Waals surface area contributed by atoms with Crippen molar-refractivity contribution in [2.24, 2.45) is 5.41 Å². The SMILES string of the molecule is CC1(C)CN(C(=O)c2cnc(CNC(=O)OCC3c4ccccc4-c4ccccc43)s2)C1C(=O)O. The normalized spacial score (nSPS) is 17.8. The highest BCUT2D eigenvalue weighted by molar-refractivity contribution is 7.13. The van der Waals surface area contributed by atoms with Crippen LogP contribution in [0.15, 0.2) is 54.7 Å². The second kappa shape index (κ2) is 8.81. The molecule has 8 nitrogen and oxygen atoms in total. The van der Waals surface area contributed by atoms with E-state index in [9.17, 15) is 19.5 Å². The highest BCUT2D eigenvalue weighted by Gasteiger charge is 2.52. The van der Waals surface area contributed by atoms with Crippen LogP contribution in [0.4, 0.5) is 4.79 Å². The number of fused-ring (bicyclic) bond motifs is 3. The second-order valence-corrected chi connectivity index (χ2v) is 10.6. The molecule has 0 spiro atoms. The van der Waals surface area contributed by atoms with Gasteiger partial charge in [0, 0.05) is 17.9 Å². The topological polar surface area (TPSA) is 109 Å². The summed E-state index contributed by atoms with van der Waals surface area (Å²) in [6.45, 7) is 4.34. The molecule has 1 aromatic heterocycles. The quantitative estimate of drug-likeness (QED) is 0.537. The molecule has 0 saturated carbocycles. The van der Waals surface area contributed by atoms with Crippen LogP contribution in [0, 0.1) is 5.41 Å². The van der Waals surface area contributed by atoms with Gasteiger partial charge in [0.05, 0.1) is 12.7 Å². The first-order valence-corrected chi connectivity index (χ1v) is 12.2. The maximum atomic E-state index is 12.8. The number of nitrogens with zero attached hydrogens (tertiary/aromatic N) is 2. The molecular formula is C26H25N3O5S. The summed E-state index contributed by atoms with van der Waals surface area (Å²) < 4.78 is 5.53. The van der Waals surface area contributed by atoms with Gasteiger partial charge in [-0.25, -0.2) is 14.6 Å². The lowest BCUT2D eigenvalue weighted by Gasteiger charge is -2.51. The zero-order valence-electron chi connectivity index (χ0n) is 19.4. The number of alkyl carbamates (subject to hydrolysis) is 1. The minimum atomic E-state index is -1.02. The predicted molar refractivity (Wildman–Crippen MR) is 130 cm³/mol. The molecule has 3 aromatic rings. The number of carbonyl (C=O) groups excluding carboxylic acids is 2. The molecule has 1 atom stereocenters. The largest absolute Gasteiger partial charge is 0.480 e. The molecule has 2 aromatic carbocycles. The number of benzene rings is 2. The third kappa shape index (κ3) is 4.16. The zero-order chi connectivity index (χ0) is 24.7. The van der Waals surface area contributed by atoms with E-state index in [0.717, 1.165) is 33.6 Å². The summed E-state index contributed by atoms with van der Waals surface area (Å²) in [6, 6.07) is 15.4. The van der Waals surface area contributed by atoms with Crippen molar-refractivity contribution >= 4 is 29.3 Å². The number of rotatable bonds is 6. The number of ether oxygens (including phenoxy) is 1. The van der Waals surface area contributed by atoms with Crippen LogP contribution in [-0.4, -0.2) is 52.2 Å². The van der Waals surface area contributed by atoms with E-state index >= 15 is 0 Å². The number of carbonyl (C=O) groups is 3. The summed E-state index contributed by atoms with van der Waals surface area (Å²) >= 11 is 1.13. The Morgan fingerprint density at radius 2 is 1.74 bits per heavy atom. The maximum absolute atomic E-state index is 12.8. The van der Waals surface area contributed by atoms with Crippen molar-refractivity contribution in [3.63, 3.8) is 0 Å². The van der Waals surface area contributed by atoms with E-state index in [1.54, 1.807) is 0 Å². The molecule has 1 aliphatic heterocycles. The van der Waals surface area contributed by atoms with E-state index in [0.29, 0.717) is 16.4 Å². The Kier molecular flexibility index (Phi) is 5.80. The van der Waals surface area contributed by atoms with Crippen LogP contribution in [0.2, 0.25) is 0 Å². The Hall–Kier alpha value is -3.72. The molecule has 1 aliphatic carbocycles. The van der Waals surface area contributed by atoms with Crippen LogP contribution in [0.25, 0.3) is 11.1 Å². The standard InChI is InChI=1S/C26H25N3O5S/c1-26(2)14-29(22(26)24(31)32)23(30)20-11-27-21(35-20)12-28-25(33)34-13-19-17-9-5-3-7-15(17)16-8-4-6-10-18(16)19/h3-11,19,22H,12-14H2,1-2H3,(H,28,33)(H,31,32). The fourth-order valence-corrected chi connectivity index (χ4v) is 5.83. The summed E-state index contributed by atoms with van der Waals surface area (Å²) in [4.78, 5) is 42.6. The number of thiazole rings is 1. The van der Waals surface area contributed by atoms with Crippen molar-refractivity contribution < 1.29 is 24.2 Å². The Morgan fingerprint density at radius 3 is 2.34 bits per heavy atom. The average Bonchev–Trinajstić information content (AvgIpc) is 3.42. The highest BCUT2D eigenvalue weighted by atomic mass is 32.1. The summed E-state index contributed by atoms with van der Waals surface area (Å²) in [7, 11) is 0. The number of hydrogen-bond acceptors (Lipinski definition) is 6. The molecule has 5 rings (SSSR count). The molecule has 1 saturated heterocycles. The van der Waals surface area contributed by atoms with Crippen molar-refractivity contribution in [2.45, 2.75) is 32.4 Å². The Morgan fingerprint density at radius 1 is 1.11 bits per heavy atom. The van der Waals surface area contributed by atoms with E-state index in [-0.39, 0.29) is 25.0 Å². The van der Waals surface area contributed by atoms with E-state index in [2.05, 4.69) is 34.6 Å². The average molecular weight is 492 g/mol. The van der Waals surface area contributed by atoms with E-state index in [4.69, 9.17) is 4.74 Å². The summed E-state index contributed by atoms with van der Waals surface area (Å²) in [5.74, 6) is -1.40. The van der Waals surface area contributed by atoms with Crippen LogP contribution in [0.5, 0.6) is 0 Å². The van der Waals surface area contributed by atoms with Crippen molar-refractivity contribution in [1.29, 1.82) is 0 Å². The predicted octanol–water partition coefficient (Wildman–Crippen LogP) is 4.12. The number of nitrogens with one attached hydrogen (secondary N) is 1. The first-order valence-electron chi connectivity index (χ1n) is 11.3.